The van der Waals surface area contributed by atoms with E-state index in [0.29, 0.717) is 6.54 Å². The lowest BCUT2D eigenvalue weighted by Crippen LogP contribution is -2.29. The summed E-state index contributed by atoms with van der Waals surface area (Å²) in [6.07, 6.45) is 6.84. The zero-order valence-corrected chi connectivity index (χ0v) is 9.30. The molecule has 2 N–H and O–H groups in total. The molecule has 4 nitrogen and oxygen atoms in total. The van der Waals surface area contributed by atoms with Crippen LogP contribution >= 0.6 is 0 Å². The van der Waals surface area contributed by atoms with E-state index in [-0.39, 0.29) is 6.04 Å². The molecule has 1 atom stereocenters. The van der Waals surface area contributed by atoms with E-state index in [1.54, 1.807) is 25.1 Å². The molecule has 0 spiro atoms. The Balaban J connectivity index is 2.04. The molecule has 0 aliphatic carbocycles. The van der Waals surface area contributed by atoms with Crippen molar-refractivity contribution in [2.45, 2.75) is 12.6 Å². The second-order valence-electron chi connectivity index (χ2n) is 3.85. The third-order valence-electron chi connectivity index (χ3n) is 2.70. The summed E-state index contributed by atoms with van der Waals surface area (Å²) < 4.78 is 10.1. The maximum Gasteiger partial charge on any atom is 0.0950 e. The van der Waals surface area contributed by atoms with Gasteiger partial charge in [-0.2, -0.15) is 0 Å². The summed E-state index contributed by atoms with van der Waals surface area (Å²) in [6.45, 7) is 1.37. The second-order valence-corrected chi connectivity index (χ2v) is 3.85. The summed E-state index contributed by atoms with van der Waals surface area (Å²) in [5.74, 6) is 0. The van der Waals surface area contributed by atoms with E-state index in [9.17, 15) is 0 Å². The van der Waals surface area contributed by atoms with E-state index >= 15 is 0 Å². The van der Waals surface area contributed by atoms with Gasteiger partial charge in [-0.05, 0) is 19.2 Å². The van der Waals surface area contributed by atoms with Crippen LogP contribution in [0.5, 0.6) is 0 Å². The fraction of sp³-hybridized carbons (Fsp3) is 0.333. The Morgan fingerprint density at radius 2 is 2.00 bits per heavy atom. The smallest absolute Gasteiger partial charge is 0.0950 e. The number of likely N-dealkylation sites (N-methyl/N-ethyl adjacent to an activating group) is 1. The minimum absolute atomic E-state index is 0.175. The van der Waals surface area contributed by atoms with Crippen LogP contribution in [-0.2, 0) is 6.54 Å². The van der Waals surface area contributed by atoms with Crippen LogP contribution < -0.4 is 5.73 Å². The van der Waals surface area contributed by atoms with Gasteiger partial charge in [0.1, 0.15) is 0 Å². The zero-order chi connectivity index (χ0) is 11.4. The highest BCUT2D eigenvalue weighted by Gasteiger charge is 2.16. The average molecular weight is 220 g/mol. The van der Waals surface area contributed by atoms with Gasteiger partial charge >= 0.3 is 0 Å². The van der Waals surface area contributed by atoms with Crippen LogP contribution in [-0.4, -0.2) is 18.5 Å². The van der Waals surface area contributed by atoms with E-state index in [1.165, 1.54) is 0 Å². The van der Waals surface area contributed by atoms with E-state index < -0.39 is 0 Å². The fourth-order valence-corrected chi connectivity index (χ4v) is 1.82. The lowest BCUT2D eigenvalue weighted by Gasteiger charge is -2.25. The van der Waals surface area contributed by atoms with Crippen molar-refractivity contribution >= 4 is 0 Å². The molecule has 0 amide bonds. The predicted octanol–water partition coefficient (Wildman–Crippen LogP) is 2.00. The molecule has 0 saturated carbocycles. The van der Waals surface area contributed by atoms with Crippen LogP contribution in [0.15, 0.2) is 46.0 Å². The quantitative estimate of drug-likeness (QED) is 0.837. The van der Waals surface area contributed by atoms with Crippen molar-refractivity contribution < 1.29 is 8.83 Å². The Hall–Kier alpha value is -1.52. The van der Waals surface area contributed by atoms with Crippen molar-refractivity contribution in [2.75, 3.05) is 13.6 Å². The number of nitrogens with two attached hydrogens (primary N) is 1. The first-order valence-electron chi connectivity index (χ1n) is 5.24. The van der Waals surface area contributed by atoms with Crippen LogP contribution in [0.3, 0.4) is 0 Å². The molecule has 2 aromatic rings. The van der Waals surface area contributed by atoms with Crippen molar-refractivity contribution in [1.82, 2.24) is 4.90 Å². The van der Waals surface area contributed by atoms with Crippen LogP contribution in [0.25, 0.3) is 0 Å². The lowest BCUT2D eigenvalue weighted by molar-refractivity contribution is 0.240. The standard InChI is InChI=1S/C12H16N2O2/c1-14(7-10-2-4-15-8-10)12(6-13)11-3-5-16-9-11/h2-5,8-9,12H,6-7,13H2,1H3. The molecule has 86 valence electrons. The van der Waals surface area contributed by atoms with Crippen LogP contribution in [0, 0.1) is 0 Å². The summed E-state index contributed by atoms with van der Waals surface area (Å²) in [5.41, 5.74) is 8.04. The molecule has 2 heterocycles. The van der Waals surface area contributed by atoms with Gasteiger partial charge in [0, 0.05) is 24.2 Å². The van der Waals surface area contributed by atoms with E-state index in [0.717, 1.165) is 17.7 Å². The Morgan fingerprint density at radius 3 is 2.56 bits per heavy atom. The van der Waals surface area contributed by atoms with Gasteiger partial charge < -0.3 is 14.6 Å². The number of rotatable bonds is 5. The Bertz CT molecular complexity index is 395. The molecule has 16 heavy (non-hydrogen) atoms. The third-order valence-corrected chi connectivity index (χ3v) is 2.70. The first kappa shape index (κ1) is 11.0. The maximum atomic E-state index is 5.79. The van der Waals surface area contributed by atoms with Crippen molar-refractivity contribution in [3.8, 4) is 0 Å². The molecule has 0 aromatic carbocycles. The first-order valence-corrected chi connectivity index (χ1v) is 5.24. The maximum absolute atomic E-state index is 5.79. The van der Waals surface area contributed by atoms with Crippen molar-refractivity contribution in [3.63, 3.8) is 0 Å². The molecular formula is C12H16N2O2. The van der Waals surface area contributed by atoms with Crippen molar-refractivity contribution in [2.24, 2.45) is 5.73 Å². The number of hydrogen-bond donors (Lipinski definition) is 1. The highest BCUT2D eigenvalue weighted by Crippen LogP contribution is 2.20. The molecule has 4 heteroatoms. The van der Waals surface area contributed by atoms with Gasteiger partial charge in [-0.25, -0.2) is 0 Å². The zero-order valence-electron chi connectivity index (χ0n) is 9.30. The Kier molecular flexibility index (Phi) is 3.44. The van der Waals surface area contributed by atoms with E-state index in [4.69, 9.17) is 14.6 Å². The second kappa shape index (κ2) is 5.01. The van der Waals surface area contributed by atoms with Gasteiger partial charge in [0.25, 0.3) is 0 Å². The minimum Gasteiger partial charge on any atom is -0.472 e. The Labute approximate surface area is 94.6 Å². The Morgan fingerprint density at radius 1 is 1.25 bits per heavy atom. The third kappa shape index (κ3) is 2.35. The molecule has 0 saturated heterocycles. The van der Waals surface area contributed by atoms with Gasteiger partial charge in [-0.15, -0.1) is 0 Å². The van der Waals surface area contributed by atoms with Gasteiger partial charge in [0.2, 0.25) is 0 Å². The number of nitrogens with zero attached hydrogens (tertiary/aromatic N) is 1. The minimum atomic E-state index is 0.175. The summed E-state index contributed by atoms with van der Waals surface area (Å²) in [5, 5.41) is 0. The van der Waals surface area contributed by atoms with Crippen molar-refractivity contribution in [3.05, 3.63) is 48.3 Å². The van der Waals surface area contributed by atoms with Crippen LogP contribution in [0.2, 0.25) is 0 Å². The summed E-state index contributed by atoms with van der Waals surface area (Å²) >= 11 is 0. The van der Waals surface area contributed by atoms with Gasteiger partial charge in [-0.3, -0.25) is 4.90 Å². The molecular weight excluding hydrogens is 204 g/mol. The predicted molar refractivity (Wildman–Crippen MR) is 60.7 cm³/mol. The topological polar surface area (TPSA) is 55.5 Å². The van der Waals surface area contributed by atoms with Crippen molar-refractivity contribution in [1.29, 1.82) is 0 Å². The van der Waals surface area contributed by atoms with Crippen LogP contribution in [0.1, 0.15) is 17.2 Å². The summed E-state index contributed by atoms with van der Waals surface area (Å²) in [4.78, 5) is 2.18. The molecule has 0 bridgehead atoms. The molecule has 0 aliphatic heterocycles. The SMILES string of the molecule is CN(Cc1ccoc1)C(CN)c1ccoc1. The summed E-state index contributed by atoms with van der Waals surface area (Å²) in [7, 11) is 2.04. The molecule has 0 aliphatic rings. The fourth-order valence-electron chi connectivity index (χ4n) is 1.82. The lowest BCUT2D eigenvalue weighted by atomic mass is 10.1. The summed E-state index contributed by atoms with van der Waals surface area (Å²) in [6, 6.07) is 4.08. The van der Waals surface area contributed by atoms with Gasteiger partial charge in [0.15, 0.2) is 0 Å². The molecule has 0 fully saturated rings. The largest absolute Gasteiger partial charge is 0.472 e. The van der Waals surface area contributed by atoms with E-state index in [2.05, 4.69) is 4.90 Å². The monoisotopic (exact) mass is 220 g/mol. The van der Waals surface area contributed by atoms with Gasteiger partial charge in [-0.1, -0.05) is 0 Å². The first-order chi connectivity index (χ1) is 7.81. The average Bonchev–Trinajstić information content (AvgIpc) is 2.91. The number of hydrogen-bond acceptors (Lipinski definition) is 4. The van der Waals surface area contributed by atoms with Crippen LogP contribution in [0.4, 0.5) is 0 Å². The van der Waals surface area contributed by atoms with E-state index in [1.807, 2.05) is 19.2 Å². The molecule has 2 aromatic heterocycles. The normalized spacial score (nSPS) is 13.2. The molecule has 0 radical (unpaired) electrons. The highest BCUT2D eigenvalue weighted by atomic mass is 16.3. The molecule has 2 rings (SSSR count). The van der Waals surface area contributed by atoms with Gasteiger partial charge in [0.05, 0.1) is 31.1 Å². The number of furan rings is 2. The highest BCUT2D eigenvalue weighted by molar-refractivity contribution is 5.13. The molecule has 1 unspecified atom stereocenters.